The number of hydrogen-bond donors (Lipinski definition) is 1. The molecule has 0 aromatic carbocycles. The predicted molar refractivity (Wildman–Crippen MR) is 51.1 cm³/mol. The van der Waals surface area contributed by atoms with Crippen molar-refractivity contribution in [3.05, 3.63) is 23.5 Å². The molecule has 0 fully saturated rings. The van der Waals surface area contributed by atoms with Gasteiger partial charge in [-0.15, -0.1) is 5.10 Å². The first-order valence-electron chi connectivity index (χ1n) is 3.62. The maximum atomic E-state index is 11.2. The van der Waals surface area contributed by atoms with Crippen molar-refractivity contribution in [2.45, 2.75) is 6.54 Å². The largest absolute Gasteiger partial charge is 0.350 e. The van der Waals surface area contributed by atoms with Crippen LogP contribution >= 0.6 is 15.9 Å². The SMILES string of the molecule is C=C(Br)CNC(=O)Cn1ccnn1. The van der Waals surface area contributed by atoms with Crippen molar-refractivity contribution in [3.8, 4) is 0 Å². The first-order valence-corrected chi connectivity index (χ1v) is 4.42. The van der Waals surface area contributed by atoms with E-state index in [9.17, 15) is 4.79 Å². The third kappa shape index (κ3) is 3.84. The van der Waals surface area contributed by atoms with E-state index in [0.717, 1.165) is 4.48 Å². The molecule has 70 valence electrons. The molecule has 6 heteroatoms. The van der Waals surface area contributed by atoms with Crippen molar-refractivity contribution < 1.29 is 4.79 Å². The predicted octanol–water partition coefficient (Wildman–Crippen LogP) is 0.303. The number of rotatable bonds is 4. The smallest absolute Gasteiger partial charge is 0.242 e. The van der Waals surface area contributed by atoms with Gasteiger partial charge in [-0.3, -0.25) is 4.79 Å². The van der Waals surface area contributed by atoms with Gasteiger partial charge < -0.3 is 5.32 Å². The summed E-state index contributed by atoms with van der Waals surface area (Å²) in [5.74, 6) is -0.119. The van der Waals surface area contributed by atoms with E-state index in [0.29, 0.717) is 6.54 Å². The molecule has 1 heterocycles. The zero-order valence-corrected chi connectivity index (χ0v) is 8.49. The van der Waals surface area contributed by atoms with Crippen LogP contribution in [0.25, 0.3) is 0 Å². The summed E-state index contributed by atoms with van der Waals surface area (Å²) < 4.78 is 2.19. The Morgan fingerprint density at radius 2 is 2.46 bits per heavy atom. The molecular formula is C7H9BrN4O. The molecule has 0 spiro atoms. The molecule has 0 saturated heterocycles. The number of nitrogens with zero attached hydrogens (tertiary/aromatic N) is 3. The van der Waals surface area contributed by atoms with Gasteiger partial charge in [0, 0.05) is 17.2 Å². The Bertz CT molecular complexity index is 295. The fourth-order valence-corrected chi connectivity index (χ4v) is 0.855. The van der Waals surface area contributed by atoms with Crippen molar-refractivity contribution in [3.63, 3.8) is 0 Å². The lowest BCUT2D eigenvalue weighted by Crippen LogP contribution is -2.28. The molecule has 0 aliphatic carbocycles. The fraction of sp³-hybridized carbons (Fsp3) is 0.286. The molecular weight excluding hydrogens is 236 g/mol. The number of carbonyl (C=O) groups is 1. The second-order valence-electron chi connectivity index (χ2n) is 2.39. The third-order valence-electron chi connectivity index (χ3n) is 1.25. The highest BCUT2D eigenvalue weighted by Gasteiger charge is 2.01. The second-order valence-corrected chi connectivity index (χ2v) is 3.52. The van der Waals surface area contributed by atoms with Gasteiger partial charge in [-0.2, -0.15) is 0 Å². The van der Waals surface area contributed by atoms with E-state index in [1.54, 1.807) is 6.20 Å². The van der Waals surface area contributed by atoms with Crippen LogP contribution in [0.2, 0.25) is 0 Å². The first-order chi connectivity index (χ1) is 6.18. The highest BCUT2D eigenvalue weighted by molar-refractivity contribution is 9.11. The highest BCUT2D eigenvalue weighted by Crippen LogP contribution is 1.96. The maximum Gasteiger partial charge on any atom is 0.242 e. The fourth-order valence-electron chi connectivity index (χ4n) is 0.715. The standard InChI is InChI=1S/C7H9BrN4O/c1-6(8)4-9-7(13)5-12-3-2-10-11-12/h2-3H,1,4-5H2,(H,9,13). The van der Waals surface area contributed by atoms with Crippen molar-refractivity contribution in [1.29, 1.82) is 0 Å². The average Bonchev–Trinajstić information content (AvgIpc) is 2.53. The number of nitrogens with one attached hydrogen (secondary N) is 1. The average molecular weight is 245 g/mol. The molecule has 0 bridgehead atoms. The van der Waals surface area contributed by atoms with Gasteiger partial charge in [0.1, 0.15) is 6.54 Å². The van der Waals surface area contributed by atoms with Gasteiger partial charge in [-0.25, -0.2) is 4.68 Å². The Kier molecular flexibility index (Phi) is 3.63. The van der Waals surface area contributed by atoms with Gasteiger partial charge in [-0.1, -0.05) is 27.7 Å². The Morgan fingerprint density at radius 3 is 3.00 bits per heavy atom. The van der Waals surface area contributed by atoms with E-state index in [1.807, 2.05) is 0 Å². The molecule has 0 atom stereocenters. The van der Waals surface area contributed by atoms with Crippen molar-refractivity contribution >= 4 is 21.8 Å². The van der Waals surface area contributed by atoms with Gasteiger partial charge in [0.25, 0.3) is 0 Å². The molecule has 0 aliphatic heterocycles. The molecule has 0 aliphatic rings. The topological polar surface area (TPSA) is 59.8 Å². The summed E-state index contributed by atoms with van der Waals surface area (Å²) in [5.41, 5.74) is 0. The lowest BCUT2D eigenvalue weighted by Gasteiger charge is -2.02. The van der Waals surface area contributed by atoms with Crippen LogP contribution in [0.1, 0.15) is 0 Å². The molecule has 1 aromatic heterocycles. The summed E-state index contributed by atoms with van der Waals surface area (Å²) >= 11 is 3.14. The van der Waals surface area contributed by atoms with E-state index in [1.165, 1.54) is 10.9 Å². The van der Waals surface area contributed by atoms with Gasteiger partial charge in [0.05, 0.1) is 6.20 Å². The van der Waals surface area contributed by atoms with E-state index in [4.69, 9.17) is 0 Å². The number of amides is 1. The Morgan fingerprint density at radius 1 is 1.69 bits per heavy atom. The molecule has 1 aromatic rings. The molecule has 1 amide bonds. The third-order valence-corrected chi connectivity index (χ3v) is 1.54. The molecule has 1 rings (SSSR count). The van der Waals surface area contributed by atoms with E-state index in [2.05, 4.69) is 38.1 Å². The van der Waals surface area contributed by atoms with Gasteiger partial charge in [0.2, 0.25) is 5.91 Å². The number of halogens is 1. The lowest BCUT2D eigenvalue weighted by molar-refractivity contribution is -0.121. The van der Waals surface area contributed by atoms with Crippen molar-refractivity contribution in [2.24, 2.45) is 0 Å². The summed E-state index contributed by atoms with van der Waals surface area (Å²) in [6, 6.07) is 0. The summed E-state index contributed by atoms with van der Waals surface area (Å²) in [4.78, 5) is 11.2. The lowest BCUT2D eigenvalue weighted by atomic mass is 10.5. The Hall–Kier alpha value is -1.17. The van der Waals surface area contributed by atoms with Crippen molar-refractivity contribution in [2.75, 3.05) is 6.54 Å². The van der Waals surface area contributed by atoms with Crippen LogP contribution in [0.15, 0.2) is 23.5 Å². The van der Waals surface area contributed by atoms with Crippen LogP contribution in [0.3, 0.4) is 0 Å². The van der Waals surface area contributed by atoms with Crippen LogP contribution in [-0.2, 0) is 11.3 Å². The van der Waals surface area contributed by atoms with E-state index < -0.39 is 0 Å². The first kappa shape index (κ1) is 9.91. The van der Waals surface area contributed by atoms with Gasteiger partial charge in [-0.05, 0) is 0 Å². The normalized spacial score (nSPS) is 9.62. The van der Waals surface area contributed by atoms with E-state index >= 15 is 0 Å². The maximum absolute atomic E-state index is 11.2. The summed E-state index contributed by atoms with van der Waals surface area (Å²) in [5, 5.41) is 9.88. The van der Waals surface area contributed by atoms with Gasteiger partial charge in [0.15, 0.2) is 0 Å². The molecule has 0 radical (unpaired) electrons. The molecule has 13 heavy (non-hydrogen) atoms. The summed E-state index contributed by atoms with van der Waals surface area (Å²) in [7, 11) is 0. The van der Waals surface area contributed by atoms with Crippen LogP contribution in [0.5, 0.6) is 0 Å². The minimum absolute atomic E-state index is 0.119. The van der Waals surface area contributed by atoms with Gasteiger partial charge >= 0.3 is 0 Å². The molecule has 5 nitrogen and oxygen atoms in total. The molecule has 0 saturated carbocycles. The number of aromatic nitrogens is 3. The minimum atomic E-state index is -0.119. The van der Waals surface area contributed by atoms with Crippen LogP contribution < -0.4 is 5.32 Å². The highest BCUT2D eigenvalue weighted by atomic mass is 79.9. The van der Waals surface area contributed by atoms with Crippen molar-refractivity contribution in [1.82, 2.24) is 20.3 Å². The number of hydrogen-bond acceptors (Lipinski definition) is 3. The Labute approximate surface area is 83.9 Å². The van der Waals surface area contributed by atoms with Crippen LogP contribution in [-0.4, -0.2) is 27.4 Å². The zero-order chi connectivity index (χ0) is 9.68. The molecule has 1 N–H and O–H groups in total. The zero-order valence-electron chi connectivity index (χ0n) is 6.90. The summed E-state index contributed by atoms with van der Waals surface area (Å²) in [6.07, 6.45) is 3.15. The Balaban J connectivity index is 2.30. The van der Waals surface area contributed by atoms with Crippen LogP contribution in [0.4, 0.5) is 0 Å². The van der Waals surface area contributed by atoms with E-state index in [-0.39, 0.29) is 12.5 Å². The quantitative estimate of drug-likeness (QED) is 0.830. The second kappa shape index (κ2) is 4.76. The monoisotopic (exact) mass is 244 g/mol. The molecule has 0 unspecified atom stereocenters. The van der Waals surface area contributed by atoms with Crippen LogP contribution in [0, 0.1) is 0 Å². The minimum Gasteiger partial charge on any atom is -0.350 e. The summed E-state index contributed by atoms with van der Waals surface area (Å²) in [6.45, 7) is 4.20. The number of carbonyl (C=O) groups excluding carboxylic acids is 1.